The highest BCUT2D eigenvalue weighted by Gasteiger charge is 2.21. The molecule has 1 heterocycles. The van der Waals surface area contributed by atoms with Gasteiger partial charge in [0.1, 0.15) is 10.7 Å². The summed E-state index contributed by atoms with van der Waals surface area (Å²) in [6, 6.07) is 4.79. The van der Waals surface area contributed by atoms with Crippen LogP contribution in [0.3, 0.4) is 0 Å². The first-order chi connectivity index (χ1) is 9.95. The highest BCUT2D eigenvalue weighted by atomic mass is 32.1. The van der Waals surface area contributed by atoms with Gasteiger partial charge in [0.15, 0.2) is 0 Å². The molecule has 2 rings (SSSR count). The Balaban J connectivity index is 2.45. The Morgan fingerprint density at radius 2 is 2.14 bits per heavy atom. The third-order valence-electron chi connectivity index (χ3n) is 3.53. The van der Waals surface area contributed by atoms with Gasteiger partial charge in [-0.15, -0.1) is 11.3 Å². The van der Waals surface area contributed by atoms with Crippen LogP contribution in [0.25, 0.3) is 10.1 Å². The molecule has 0 radical (unpaired) electrons. The Morgan fingerprint density at radius 3 is 2.76 bits per heavy atom. The topological polar surface area (TPSA) is 64.3 Å². The van der Waals surface area contributed by atoms with Crippen LogP contribution in [0.4, 0.5) is 4.39 Å². The summed E-state index contributed by atoms with van der Waals surface area (Å²) >= 11 is 1.22. The minimum atomic E-state index is -0.425. The van der Waals surface area contributed by atoms with Gasteiger partial charge in [-0.3, -0.25) is 10.2 Å². The summed E-state index contributed by atoms with van der Waals surface area (Å²) in [5, 5.41) is 0.442. The van der Waals surface area contributed by atoms with Gasteiger partial charge < -0.3 is 4.74 Å². The van der Waals surface area contributed by atoms with Gasteiger partial charge >= 0.3 is 0 Å². The Kier molecular flexibility index (Phi) is 4.92. The maximum absolute atomic E-state index is 14.1. The molecule has 21 heavy (non-hydrogen) atoms. The first-order valence-corrected chi connectivity index (χ1v) is 7.59. The van der Waals surface area contributed by atoms with Crippen molar-refractivity contribution in [2.24, 2.45) is 11.8 Å². The van der Waals surface area contributed by atoms with E-state index in [0.717, 1.165) is 0 Å². The number of hydrogen-bond donors (Lipinski definition) is 2. The summed E-state index contributed by atoms with van der Waals surface area (Å²) in [5.74, 6) is 4.77. The minimum absolute atomic E-state index is 0.0144. The monoisotopic (exact) mass is 310 g/mol. The van der Waals surface area contributed by atoms with Crippen LogP contribution in [0.15, 0.2) is 18.2 Å². The summed E-state index contributed by atoms with van der Waals surface area (Å²) in [4.78, 5) is 12.3. The lowest BCUT2D eigenvalue weighted by Crippen LogP contribution is -2.30. The minimum Gasteiger partial charge on any atom is -0.373 e. The van der Waals surface area contributed by atoms with Crippen molar-refractivity contribution in [1.82, 2.24) is 5.43 Å². The molecule has 3 N–H and O–H groups in total. The van der Waals surface area contributed by atoms with Crippen LogP contribution >= 0.6 is 11.3 Å². The molecular weight excluding hydrogens is 291 g/mol. The molecule has 2 aromatic rings. The van der Waals surface area contributed by atoms with Crippen LogP contribution in [0.1, 0.15) is 36.0 Å². The second-order valence-corrected chi connectivity index (χ2v) is 6.31. The van der Waals surface area contributed by atoms with Crippen molar-refractivity contribution < 1.29 is 13.9 Å². The number of nitrogen functional groups attached to an aromatic ring is 1. The van der Waals surface area contributed by atoms with Crippen molar-refractivity contribution in [2.45, 2.75) is 33.5 Å². The number of halogens is 1. The molecule has 1 unspecified atom stereocenters. The maximum atomic E-state index is 14.1. The van der Waals surface area contributed by atoms with Gasteiger partial charge in [0.25, 0.3) is 5.91 Å². The molecule has 0 spiro atoms. The van der Waals surface area contributed by atoms with E-state index in [1.165, 1.54) is 17.4 Å². The normalized spacial score (nSPS) is 12.9. The number of nitrogens with two attached hydrogens (primary N) is 1. The van der Waals surface area contributed by atoms with Gasteiger partial charge in [0.05, 0.1) is 12.7 Å². The van der Waals surface area contributed by atoms with E-state index in [1.54, 1.807) is 12.1 Å². The zero-order valence-corrected chi connectivity index (χ0v) is 13.1. The van der Waals surface area contributed by atoms with E-state index in [0.29, 0.717) is 26.4 Å². The molecule has 6 heteroatoms. The van der Waals surface area contributed by atoms with Crippen molar-refractivity contribution in [2.75, 3.05) is 0 Å². The standard InChI is InChI=1S/C15H19FN2O2S/c1-8(2)9(3)20-7-10-13-11(16)5-4-6-12(13)21-14(10)15(19)18-17/h4-6,8-9H,7,17H2,1-3H3,(H,18,19). The number of carbonyl (C=O) groups is 1. The lowest BCUT2D eigenvalue weighted by Gasteiger charge is -2.17. The van der Waals surface area contributed by atoms with Gasteiger partial charge in [-0.1, -0.05) is 19.9 Å². The molecule has 0 aliphatic rings. The van der Waals surface area contributed by atoms with Crippen LogP contribution in [-0.4, -0.2) is 12.0 Å². The third-order valence-corrected chi connectivity index (χ3v) is 4.73. The van der Waals surface area contributed by atoms with Crippen molar-refractivity contribution in [1.29, 1.82) is 0 Å². The molecule has 114 valence electrons. The second kappa shape index (κ2) is 6.51. The van der Waals surface area contributed by atoms with Gasteiger partial charge in [-0.25, -0.2) is 10.2 Å². The number of hydrazine groups is 1. The highest BCUT2D eigenvalue weighted by Crippen LogP contribution is 2.34. The summed E-state index contributed by atoms with van der Waals surface area (Å²) < 4.78 is 20.6. The van der Waals surface area contributed by atoms with E-state index in [9.17, 15) is 9.18 Å². The molecule has 0 aliphatic heterocycles. The van der Waals surface area contributed by atoms with Crippen LogP contribution < -0.4 is 11.3 Å². The number of benzene rings is 1. The maximum Gasteiger partial charge on any atom is 0.275 e. The Bertz CT molecular complexity index is 654. The van der Waals surface area contributed by atoms with E-state index < -0.39 is 5.91 Å². The molecule has 1 aromatic carbocycles. The van der Waals surface area contributed by atoms with E-state index in [4.69, 9.17) is 10.6 Å². The van der Waals surface area contributed by atoms with Gasteiger partial charge in [0, 0.05) is 15.6 Å². The summed E-state index contributed by atoms with van der Waals surface area (Å²) in [5.41, 5.74) is 2.66. The Labute approximate surface area is 127 Å². The molecule has 1 aromatic heterocycles. The van der Waals surface area contributed by atoms with Gasteiger partial charge in [0.2, 0.25) is 0 Å². The van der Waals surface area contributed by atoms with Crippen molar-refractivity contribution in [3.63, 3.8) is 0 Å². The molecular formula is C15H19FN2O2S. The molecule has 0 fully saturated rings. The van der Waals surface area contributed by atoms with E-state index >= 15 is 0 Å². The highest BCUT2D eigenvalue weighted by molar-refractivity contribution is 7.21. The number of hydrogen-bond acceptors (Lipinski definition) is 4. The fourth-order valence-corrected chi connectivity index (χ4v) is 3.09. The number of ether oxygens (including phenoxy) is 1. The van der Waals surface area contributed by atoms with Crippen LogP contribution in [0.5, 0.6) is 0 Å². The third kappa shape index (κ3) is 3.23. The Hall–Kier alpha value is -1.50. The lowest BCUT2D eigenvalue weighted by molar-refractivity contribution is 0.0238. The van der Waals surface area contributed by atoms with Gasteiger partial charge in [-0.2, -0.15) is 0 Å². The quantitative estimate of drug-likeness (QED) is 0.506. The average Bonchev–Trinajstić information content (AvgIpc) is 2.83. The van der Waals surface area contributed by atoms with Crippen molar-refractivity contribution in [3.05, 3.63) is 34.5 Å². The van der Waals surface area contributed by atoms with Crippen molar-refractivity contribution >= 4 is 27.3 Å². The fraction of sp³-hybridized carbons (Fsp3) is 0.400. The Morgan fingerprint density at radius 1 is 1.43 bits per heavy atom. The molecule has 0 bridgehead atoms. The zero-order valence-electron chi connectivity index (χ0n) is 12.3. The fourth-order valence-electron chi connectivity index (χ4n) is 1.96. The van der Waals surface area contributed by atoms with Crippen LogP contribution in [-0.2, 0) is 11.3 Å². The number of amides is 1. The zero-order chi connectivity index (χ0) is 15.6. The van der Waals surface area contributed by atoms with E-state index in [-0.39, 0.29) is 18.5 Å². The predicted octanol–water partition coefficient (Wildman–Crippen LogP) is 3.21. The number of nitrogens with one attached hydrogen (secondary N) is 1. The molecule has 1 atom stereocenters. The van der Waals surface area contributed by atoms with Crippen LogP contribution in [0, 0.1) is 11.7 Å². The molecule has 0 saturated heterocycles. The largest absolute Gasteiger partial charge is 0.373 e. The summed E-state index contributed by atoms with van der Waals surface area (Å²) in [6.07, 6.45) is 0.0144. The van der Waals surface area contributed by atoms with Gasteiger partial charge in [-0.05, 0) is 25.0 Å². The van der Waals surface area contributed by atoms with Crippen LogP contribution in [0.2, 0.25) is 0 Å². The molecule has 0 aliphatic carbocycles. The molecule has 0 saturated carbocycles. The number of thiophene rings is 1. The number of rotatable bonds is 5. The second-order valence-electron chi connectivity index (χ2n) is 5.26. The molecule has 1 amide bonds. The van der Waals surface area contributed by atoms with E-state index in [2.05, 4.69) is 5.43 Å². The first kappa shape index (κ1) is 15.9. The average molecular weight is 310 g/mol. The summed E-state index contributed by atoms with van der Waals surface area (Å²) in [6.45, 7) is 6.23. The number of fused-ring (bicyclic) bond motifs is 1. The van der Waals surface area contributed by atoms with Crippen molar-refractivity contribution in [3.8, 4) is 0 Å². The predicted molar refractivity (Wildman–Crippen MR) is 82.5 cm³/mol. The van der Waals surface area contributed by atoms with E-state index in [1.807, 2.05) is 20.8 Å². The first-order valence-electron chi connectivity index (χ1n) is 6.78. The number of carbonyl (C=O) groups excluding carboxylic acids is 1. The SMILES string of the molecule is CC(C)C(C)OCc1c(C(=O)NN)sc2cccc(F)c12. The summed E-state index contributed by atoms with van der Waals surface area (Å²) in [7, 11) is 0. The smallest absolute Gasteiger partial charge is 0.275 e. The molecule has 4 nitrogen and oxygen atoms in total. The lowest BCUT2D eigenvalue weighted by atomic mass is 10.1.